The molecule has 4 nitrogen and oxygen atoms in total. The van der Waals surface area contributed by atoms with Gasteiger partial charge >= 0.3 is 0 Å². The van der Waals surface area contributed by atoms with Gasteiger partial charge in [0.15, 0.2) is 6.29 Å². The highest BCUT2D eigenvalue weighted by atomic mass is 16.5. The molecule has 1 aliphatic heterocycles. The molecular formula is C25H21NO3. The van der Waals surface area contributed by atoms with Crippen LogP contribution in [0.15, 0.2) is 60.7 Å². The molecule has 29 heavy (non-hydrogen) atoms. The fourth-order valence-electron chi connectivity index (χ4n) is 4.35. The monoisotopic (exact) mass is 383 g/mol. The maximum absolute atomic E-state index is 12.1. The highest BCUT2D eigenvalue weighted by Crippen LogP contribution is 2.40. The molecule has 0 aliphatic carbocycles. The highest BCUT2D eigenvalue weighted by molar-refractivity contribution is 6.06. The van der Waals surface area contributed by atoms with Crippen molar-refractivity contribution in [2.45, 2.75) is 13.0 Å². The Kier molecular flexibility index (Phi) is 4.13. The SMILES string of the molecule is COc1ccc(-c2ccc3c(C=O)c4n(c3c2)CCc2cc(OC)ccc2-4)cc1. The minimum Gasteiger partial charge on any atom is -0.497 e. The van der Waals surface area contributed by atoms with E-state index in [0.29, 0.717) is 0 Å². The first-order valence-electron chi connectivity index (χ1n) is 9.66. The predicted molar refractivity (Wildman–Crippen MR) is 115 cm³/mol. The average molecular weight is 383 g/mol. The van der Waals surface area contributed by atoms with Crippen LogP contribution in [0.3, 0.4) is 0 Å². The Labute approximate surface area is 169 Å². The average Bonchev–Trinajstić information content (AvgIpc) is 3.11. The van der Waals surface area contributed by atoms with E-state index in [1.165, 1.54) is 5.56 Å². The van der Waals surface area contributed by atoms with E-state index < -0.39 is 0 Å². The number of nitrogens with zero attached hydrogens (tertiary/aromatic N) is 1. The molecule has 1 aromatic heterocycles. The number of rotatable bonds is 4. The molecule has 3 aromatic carbocycles. The van der Waals surface area contributed by atoms with Crippen molar-refractivity contribution in [1.29, 1.82) is 0 Å². The first-order valence-corrected chi connectivity index (χ1v) is 9.66. The molecule has 0 radical (unpaired) electrons. The Bertz CT molecular complexity index is 1240. The summed E-state index contributed by atoms with van der Waals surface area (Å²) in [5.74, 6) is 1.69. The van der Waals surface area contributed by atoms with Crippen LogP contribution in [0.5, 0.6) is 11.5 Å². The summed E-state index contributed by atoms with van der Waals surface area (Å²) in [5, 5.41) is 0.996. The van der Waals surface area contributed by atoms with Crippen LogP contribution in [-0.4, -0.2) is 25.1 Å². The topological polar surface area (TPSA) is 40.5 Å². The molecule has 0 N–H and O–H groups in total. The summed E-state index contributed by atoms with van der Waals surface area (Å²) < 4.78 is 12.9. The molecule has 2 heterocycles. The standard InChI is InChI=1S/C25H21NO3/c1-28-19-6-3-16(4-7-19)17-5-9-22-23(15-27)25-21-10-8-20(29-2)13-18(21)11-12-26(25)24(22)14-17/h3-10,13-15H,11-12H2,1-2H3. The molecule has 0 bridgehead atoms. The second kappa shape index (κ2) is 6.82. The van der Waals surface area contributed by atoms with Gasteiger partial charge in [-0.15, -0.1) is 0 Å². The number of aryl methyl sites for hydroxylation is 2. The van der Waals surface area contributed by atoms with Crippen LogP contribution in [0.4, 0.5) is 0 Å². The van der Waals surface area contributed by atoms with E-state index in [-0.39, 0.29) is 0 Å². The lowest BCUT2D eigenvalue weighted by molar-refractivity contribution is 0.112. The first kappa shape index (κ1) is 17.6. The van der Waals surface area contributed by atoms with Gasteiger partial charge < -0.3 is 14.0 Å². The lowest BCUT2D eigenvalue weighted by atomic mass is 9.96. The molecule has 0 amide bonds. The van der Waals surface area contributed by atoms with E-state index >= 15 is 0 Å². The zero-order valence-electron chi connectivity index (χ0n) is 16.4. The summed E-state index contributed by atoms with van der Waals surface area (Å²) in [7, 11) is 3.35. The minimum absolute atomic E-state index is 0.757. The highest BCUT2D eigenvalue weighted by Gasteiger charge is 2.24. The Morgan fingerprint density at radius 2 is 1.59 bits per heavy atom. The summed E-state index contributed by atoms with van der Waals surface area (Å²) in [5.41, 5.74) is 7.44. The Morgan fingerprint density at radius 3 is 2.31 bits per heavy atom. The molecule has 4 aromatic rings. The van der Waals surface area contributed by atoms with E-state index in [1.54, 1.807) is 14.2 Å². The smallest absolute Gasteiger partial charge is 0.152 e. The maximum atomic E-state index is 12.1. The molecule has 0 saturated heterocycles. The van der Waals surface area contributed by atoms with Crippen molar-refractivity contribution in [3.05, 3.63) is 71.8 Å². The molecule has 0 fully saturated rings. The summed E-state index contributed by atoms with van der Waals surface area (Å²) in [6.07, 6.45) is 1.90. The van der Waals surface area contributed by atoms with E-state index in [4.69, 9.17) is 9.47 Å². The number of carbonyl (C=O) groups excluding carboxylic acids is 1. The number of aldehydes is 1. The number of aromatic nitrogens is 1. The van der Waals surface area contributed by atoms with Crippen molar-refractivity contribution in [3.63, 3.8) is 0 Å². The Hall–Kier alpha value is -3.53. The third kappa shape index (κ3) is 2.71. The number of hydrogen-bond acceptors (Lipinski definition) is 3. The largest absolute Gasteiger partial charge is 0.497 e. The molecule has 0 spiro atoms. The van der Waals surface area contributed by atoms with Crippen LogP contribution in [0.25, 0.3) is 33.3 Å². The molecule has 0 saturated carbocycles. The van der Waals surface area contributed by atoms with E-state index in [2.05, 4.69) is 47.0 Å². The molecule has 144 valence electrons. The fourth-order valence-corrected chi connectivity index (χ4v) is 4.35. The summed E-state index contributed by atoms with van der Waals surface area (Å²) in [4.78, 5) is 12.1. The van der Waals surface area contributed by atoms with Gasteiger partial charge in [-0.2, -0.15) is 0 Å². The van der Waals surface area contributed by atoms with Crippen molar-refractivity contribution in [3.8, 4) is 33.9 Å². The Morgan fingerprint density at radius 1 is 0.862 bits per heavy atom. The van der Waals surface area contributed by atoms with Crippen molar-refractivity contribution < 1.29 is 14.3 Å². The van der Waals surface area contributed by atoms with Gasteiger partial charge in [-0.3, -0.25) is 4.79 Å². The summed E-state index contributed by atoms with van der Waals surface area (Å²) in [6, 6.07) is 20.5. The van der Waals surface area contributed by atoms with E-state index in [1.807, 2.05) is 18.2 Å². The maximum Gasteiger partial charge on any atom is 0.152 e. The van der Waals surface area contributed by atoms with Crippen molar-refractivity contribution >= 4 is 17.2 Å². The second-order valence-electron chi connectivity index (χ2n) is 7.27. The normalized spacial score (nSPS) is 12.3. The van der Waals surface area contributed by atoms with Crippen LogP contribution < -0.4 is 9.47 Å². The number of methoxy groups -OCH3 is 2. The molecule has 0 atom stereocenters. The third-order valence-electron chi connectivity index (χ3n) is 5.82. The van der Waals surface area contributed by atoms with Crippen molar-refractivity contribution in [1.82, 2.24) is 4.57 Å². The molecule has 5 rings (SSSR count). The number of hydrogen-bond donors (Lipinski definition) is 0. The molecular weight excluding hydrogens is 362 g/mol. The van der Waals surface area contributed by atoms with Crippen LogP contribution in [0.1, 0.15) is 15.9 Å². The second-order valence-corrected chi connectivity index (χ2v) is 7.27. The molecule has 4 heteroatoms. The van der Waals surface area contributed by atoms with E-state index in [0.717, 1.165) is 69.6 Å². The number of ether oxygens (including phenoxy) is 2. The Balaban J connectivity index is 1.71. The van der Waals surface area contributed by atoms with Crippen LogP contribution in [-0.2, 0) is 13.0 Å². The van der Waals surface area contributed by atoms with Gasteiger partial charge in [0.05, 0.1) is 19.9 Å². The lowest BCUT2D eigenvalue weighted by Gasteiger charge is -2.21. The van der Waals surface area contributed by atoms with Crippen molar-refractivity contribution in [2.24, 2.45) is 0 Å². The predicted octanol–water partition coefficient (Wildman–Crippen LogP) is 5.36. The lowest BCUT2D eigenvalue weighted by Crippen LogP contribution is -2.11. The molecule has 1 aliphatic rings. The van der Waals surface area contributed by atoms with Crippen molar-refractivity contribution in [2.75, 3.05) is 14.2 Å². The van der Waals surface area contributed by atoms with Gasteiger partial charge in [0, 0.05) is 28.6 Å². The number of carbonyl (C=O) groups is 1. The quantitative estimate of drug-likeness (QED) is 0.445. The molecule has 0 unspecified atom stereocenters. The summed E-state index contributed by atoms with van der Waals surface area (Å²) in [6.45, 7) is 0.839. The number of fused-ring (bicyclic) bond motifs is 5. The van der Waals surface area contributed by atoms with Crippen LogP contribution in [0, 0.1) is 0 Å². The van der Waals surface area contributed by atoms with Gasteiger partial charge in [0.25, 0.3) is 0 Å². The van der Waals surface area contributed by atoms with Crippen LogP contribution >= 0.6 is 0 Å². The minimum atomic E-state index is 0.757. The third-order valence-corrected chi connectivity index (χ3v) is 5.82. The number of benzene rings is 3. The van der Waals surface area contributed by atoms with Gasteiger partial charge in [0.2, 0.25) is 0 Å². The zero-order valence-corrected chi connectivity index (χ0v) is 16.4. The first-order chi connectivity index (χ1) is 14.2. The van der Waals surface area contributed by atoms with Gasteiger partial charge in [0.1, 0.15) is 11.5 Å². The van der Waals surface area contributed by atoms with Gasteiger partial charge in [-0.1, -0.05) is 24.3 Å². The van der Waals surface area contributed by atoms with Crippen LogP contribution in [0.2, 0.25) is 0 Å². The van der Waals surface area contributed by atoms with Gasteiger partial charge in [-0.25, -0.2) is 0 Å². The van der Waals surface area contributed by atoms with E-state index in [9.17, 15) is 4.79 Å². The zero-order chi connectivity index (χ0) is 20.0. The fraction of sp³-hybridized carbons (Fsp3) is 0.160. The van der Waals surface area contributed by atoms with Gasteiger partial charge in [-0.05, 0) is 59.5 Å². The summed E-state index contributed by atoms with van der Waals surface area (Å²) >= 11 is 0.